The Morgan fingerprint density at radius 1 is 0.452 bits per heavy atom. The van der Waals surface area contributed by atoms with Crippen LogP contribution in [0.25, 0.3) is 72.3 Å². The number of rotatable bonds is 11. The molecule has 0 aliphatic carbocycles. The number of hydrogen-bond acceptors (Lipinski definition) is 2. The van der Waals surface area contributed by atoms with E-state index in [2.05, 4.69) is 169 Å². The molecule has 10 aromatic carbocycles. The van der Waals surface area contributed by atoms with Gasteiger partial charge in [-0.2, -0.15) is 18.2 Å². The van der Waals surface area contributed by atoms with Crippen molar-refractivity contribution in [1.29, 1.82) is 0 Å². The van der Waals surface area contributed by atoms with Crippen molar-refractivity contribution in [2.24, 2.45) is 0 Å². The van der Waals surface area contributed by atoms with Gasteiger partial charge < -0.3 is 13.9 Å². The maximum Gasteiger partial charge on any atom is 0.268 e. The topological polar surface area (TPSA) is 35.9 Å². The molecule has 0 unspecified atom stereocenters. The summed E-state index contributed by atoms with van der Waals surface area (Å²) in [5, 5.41) is -0.0179. The molecule has 0 fully saturated rings. The molecule has 0 bridgehead atoms. The molecule has 0 saturated heterocycles. The van der Waals surface area contributed by atoms with Crippen LogP contribution < -0.4 is 30.1 Å². The van der Waals surface area contributed by atoms with E-state index in [1.54, 1.807) is 27.3 Å². The molecule has 0 radical (unpaired) electrons. The first-order valence-corrected chi connectivity index (χ1v) is 33.3. The van der Waals surface area contributed by atoms with Crippen LogP contribution in [0.4, 0.5) is 0 Å². The Morgan fingerprint density at radius 3 is 1.54 bits per heavy atom. The Labute approximate surface area is 588 Å². The fourth-order valence-corrected chi connectivity index (χ4v) is 16.3. The molecule has 93 heavy (non-hydrogen) atoms. The maximum absolute atomic E-state index is 10.2. The van der Waals surface area contributed by atoms with E-state index in [4.69, 9.17) is 13.8 Å². The van der Waals surface area contributed by atoms with Gasteiger partial charge in [0, 0.05) is 44.3 Å². The zero-order valence-corrected chi connectivity index (χ0v) is 58.6. The normalized spacial score (nSPS) is 14.8. The Bertz CT molecular complexity index is 5550. The van der Waals surface area contributed by atoms with E-state index in [1.807, 2.05) is 85.1 Å². The fraction of sp³-hybridized carbons (Fsp3) is 0.233. The number of para-hydroxylation sites is 2. The van der Waals surface area contributed by atoms with Crippen molar-refractivity contribution in [1.82, 2.24) is 14.1 Å². The first-order chi connectivity index (χ1) is 50.0. The molecule has 0 spiro atoms. The predicted molar refractivity (Wildman–Crippen MR) is 388 cm³/mol. The minimum absolute atomic E-state index is 0. The van der Waals surface area contributed by atoms with Gasteiger partial charge in [0.1, 0.15) is 5.82 Å². The Morgan fingerprint density at radius 2 is 0.978 bits per heavy atom. The Kier molecular flexibility index (Phi) is 12.6. The maximum atomic E-state index is 10.2. The average molecular weight is 1430 g/mol. The average Bonchev–Trinajstić information content (AvgIpc) is 0.723. The van der Waals surface area contributed by atoms with Gasteiger partial charge in [-0.25, -0.2) is 4.98 Å². The molecule has 3 heterocycles. The van der Waals surface area contributed by atoms with Gasteiger partial charge in [0.2, 0.25) is 0 Å². The Hall–Kier alpha value is -8.67. The quantitative estimate of drug-likeness (QED) is 0.0560. The molecule has 0 N–H and O–H groups in total. The third-order valence-corrected chi connectivity index (χ3v) is 21.7. The zero-order valence-electron chi connectivity index (χ0n) is 70.4. The molecular formula is C86H84N4OPtSi-2. The van der Waals surface area contributed by atoms with Gasteiger partial charge in [-0.3, -0.25) is 4.57 Å². The number of nitrogens with zero attached hydrogens (tertiary/aromatic N) is 4. The van der Waals surface area contributed by atoms with Crippen LogP contribution in [-0.4, -0.2) is 22.2 Å². The van der Waals surface area contributed by atoms with Crippen LogP contribution in [0.3, 0.4) is 0 Å². The zero-order chi connectivity index (χ0) is 77.8. The van der Waals surface area contributed by atoms with Crippen molar-refractivity contribution in [2.75, 3.05) is 0 Å². The minimum Gasteiger partial charge on any atom is -0.510 e. The standard InChI is InChI=1S/C86H84N4OSi.Pt/c1-82(2,3)61-45-46-87-80(54-61)90-75-39-26-25-37-73(75)74-43-42-68(56-77(74)90)91-67-30-27-29-66(55-67)88-57-89(76-44-41-58(51-78(76)88)59-47-62(83(4,5)6)52-63(48-59)84(7,8)9)81-72(60-49-64(85(10,11)12)53-65(50-60)86(13,14)15)38-28-40-79(81)92(69-31-19-16-20-32-69,70-33-21-17-22-34-70)71-35-23-18-24-36-71;/h16-54H,1-15H3;/q-2;/i16D,17D,18D,19D,20D,21D,22D,23D,24D,31D,32D,33D,34D,35D,36D;. The predicted octanol–water partition coefficient (Wildman–Crippen LogP) is 18.8. The second-order valence-electron chi connectivity index (χ2n) is 29.1. The molecule has 0 atom stereocenters. The minimum atomic E-state index is -5.89. The third-order valence-electron chi connectivity index (χ3n) is 17.5. The van der Waals surface area contributed by atoms with Crippen LogP contribution in [0.15, 0.2) is 236 Å². The van der Waals surface area contributed by atoms with Crippen LogP contribution in [-0.2, 0) is 48.1 Å². The summed E-state index contributed by atoms with van der Waals surface area (Å²) in [5.74, 6) is 1.36. The number of hydrogen-bond donors (Lipinski definition) is 0. The van der Waals surface area contributed by atoms with E-state index >= 15 is 0 Å². The van der Waals surface area contributed by atoms with E-state index in [9.17, 15) is 16.4 Å². The van der Waals surface area contributed by atoms with E-state index in [0.29, 0.717) is 39.4 Å². The Balaban J connectivity index is 0.0000109. The third kappa shape index (κ3) is 12.2. The van der Waals surface area contributed by atoms with Gasteiger partial charge in [0.25, 0.3) is 6.33 Å². The largest absolute Gasteiger partial charge is 0.510 e. The van der Waals surface area contributed by atoms with Crippen molar-refractivity contribution in [3.63, 3.8) is 0 Å². The van der Waals surface area contributed by atoms with Crippen molar-refractivity contribution < 1.29 is 50.9 Å². The van der Waals surface area contributed by atoms with Gasteiger partial charge >= 0.3 is 0 Å². The van der Waals surface area contributed by atoms with Gasteiger partial charge in [0.05, 0.1) is 37.3 Å². The van der Waals surface area contributed by atoms with Gasteiger partial charge in [-0.1, -0.05) is 285 Å². The molecule has 0 aliphatic heterocycles. The molecule has 13 rings (SSSR count). The number of ether oxygens (including phenoxy) is 1. The van der Waals surface area contributed by atoms with E-state index in [-0.39, 0.29) is 53.9 Å². The fourth-order valence-electron chi connectivity index (χ4n) is 12.3. The summed E-state index contributed by atoms with van der Waals surface area (Å²) >= 11 is 0. The van der Waals surface area contributed by atoms with Crippen molar-refractivity contribution in [3.8, 4) is 50.9 Å². The summed E-state index contributed by atoms with van der Waals surface area (Å²) in [4.78, 5) is 4.90. The molecule has 470 valence electrons. The van der Waals surface area contributed by atoms with E-state index in [1.165, 1.54) is 0 Å². The van der Waals surface area contributed by atoms with Gasteiger partial charge in [-0.15, -0.1) is 29.7 Å². The molecule has 0 aliphatic rings. The first-order valence-electron chi connectivity index (χ1n) is 38.8. The van der Waals surface area contributed by atoms with Crippen LogP contribution in [0.2, 0.25) is 0 Å². The second-order valence-corrected chi connectivity index (χ2v) is 32.7. The molecule has 0 amide bonds. The number of imidazole rings is 1. The molecule has 13 aromatic rings. The number of aromatic nitrogens is 4. The molecule has 0 saturated carbocycles. The molecule has 7 heteroatoms. The summed E-state index contributed by atoms with van der Waals surface area (Å²) < 4.78 is 158. The van der Waals surface area contributed by atoms with Crippen LogP contribution >= 0.6 is 0 Å². The van der Waals surface area contributed by atoms with E-state index < -0.39 is 125 Å². The molecule has 5 nitrogen and oxygen atoms in total. The second kappa shape index (κ2) is 24.3. The van der Waals surface area contributed by atoms with Crippen molar-refractivity contribution in [3.05, 3.63) is 283 Å². The summed E-state index contributed by atoms with van der Waals surface area (Å²) in [6, 6.07) is 39.6. The summed E-state index contributed by atoms with van der Waals surface area (Å²) in [6.07, 6.45) is 5.57. The number of benzene rings is 10. The van der Waals surface area contributed by atoms with Crippen molar-refractivity contribution in [2.45, 2.75) is 131 Å². The monoisotopic (exact) mass is 1430 g/mol. The first kappa shape index (κ1) is 48.1. The number of pyridine rings is 1. The summed E-state index contributed by atoms with van der Waals surface area (Å²) in [5.41, 5.74) is 9.17. The smallest absolute Gasteiger partial charge is 0.268 e. The van der Waals surface area contributed by atoms with Gasteiger partial charge in [0.15, 0.2) is 8.07 Å². The van der Waals surface area contributed by atoms with E-state index in [0.717, 1.165) is 60.8 Å². The van der Waals surface area contributed by atoms with Crippen molar-refractivity contribution >= 4 is 61.7 Å². The van der Waals surface area contributed by atoms with Crippen LogP contribution in [0.5, 0.6) is 11.5 Å². The summed E-state index contributed by atoms with van der Waals surface area (Å²) in [7, 11) is -5.89. The van der Waals surface area contributed by atoms with Crippen LogP contribution in [0.1, 0.15) is 152 Å². The van der Waals surface area contributed by atoms with Crippen LogP contribution in [0, 0.1) is 18.5 Å². The SMILES string of the molecule is [2H]c1c([2H])c([2H])c([Si](c2cccc(-c3cc(C(C)(C)C)cc(C(C)(C)C)c3)c2-[n+]2[c-]n(-c3[c-]c(Oc4[c-]c5c(cc4)c4ccccc4n5-c4cc(C(C)(C)C)ccn4)ccc3)c3cc(-c4cc(C(C)(C)C)cc(C(C)(C)C)c4)ccc32)(c2c([2H])c([2H])c([2H])c([2H])c2[2H])c2c([2H])c([2H])c([2H])c([2H])c2[2H])c([2H])c1[2H].[Pt]. The summed E-state index contributed by atoms with van der Waals surface area (Å²) in [6.45, 7) is 32.1. The number of fused-ring (bicyclic) bond motifs is 4. The molecule has 3 aromatic heterocycles. The van der Waals surface area contributed by atoms with Gasteiger partial charge in [-0.05, 0) is 133 Å². The molecular weight excluding hydrogens is 1330 g/mol.